The Morgan fingerprint density at radius 1 is 1.17 bits per heavy atom. The second-order valence-corrected chi connectivity index (χ2v) is 6.04. The van der Waals surface area contributed by atoms with Crippen LogP contribution in [0.5, 0.6) is 0 Å². The number of nitrogens with two attached hydrogens (primary N) is 1. The van der Waals surface area contributed by atoms with Gasteiger partial charge in [0.1, 0.15) is 0 Å². The number of likely N-dealkylation sites (tertiary alicyclic amines) is 1. The van der Waals surface area contributed by atoms with E-state index in [1.54, 1.807) is 0 Å². The van der Waals surface area contributed by atoms with E-state index >= 15 is 0 Å². The second-order valence-electron chi connectivity index (χ2n) is 5.60. The summed E-state index contributed by atoms with van der Waals surface area (Å²) in [5, 5.41) is 0.817. The van der Waals surface area contributed by atoms with E-state index in [4.69, 9.17) is 17.3 Å². The molecular weight excluding hydrogens is 244 g/mol. The number of halogens is 1. The first-order valence-corrected chi connectivity index (χ1v) is 7.38. The quantitative estimate of drug-likeness (QED) is 0.908. The molecule has 18 heavy (non-hydrogen) atoms. The van der Waals surface area contributed by atoms with Crippen LogP contribution in [-0.4, -0.2) is 24.0 Å². The lowest BCUT2D eigenvalue weighted by Crippen LogP contribution is -2.42. The zero-order chi connectivity index (χ0) is 12.5. The monoisotopic (exact) mass is 264 g/mol. The van der Waals surface area contributed by atoms with Gasteiger partial charge in [0, 0.05) is 17.1 Å². The van der Waals surface area contributed by atoms with Crippen LogP contribution in [-0.2, 0) is 0 Å². The minimum absolute atomic E-state index is 0.508. The first-order valence-electron chi connectivity index (χ1n) is 7.01. The molecule has 1 saturated carbocycles. The number of benzene rings is 1. The minimum Gasteiger partial charge on any atom is -0.330 e. The number of rotatable bonds is 3. The Balaban J connectivity index is 1.89. The van der Waals surface area contributed by atoms with Crippen LogP contribution in [0.2, 0.25) is 5.02 Å². The first-order chi connectivity index (χ1) is 8.79. The topological polar surface area (TPSA) is 29.3 Å². The summed E-state index contributed by atoms with van der Waals surface area (Å²) in [6.07, 6.45) is 5.28. The van der Waals surface area contributed by atoms with Crippen molar-refractivity contribution in [1.82, 2.24) is 4.90 Å². The first kappa shape index (κ1) is 12.5. The Morgan fingerprint density at radius 3 is 2.50 bits per heavy atom. The average molecular weight is 265 g/mol. The number of nitrogens with zero attached hydrogens (tertiary/aromatic N) is 1. The molecule has 1 saturated heterocycles. The van der Waals surface area contributed by atoms with Crippen LogP contribution in [0.1, 0.15) is 37.3 Å². The van der Waals surface area contributed by atoms with Crippen LogP contribution in [0.3, 0.4) is 0 Å². The molecule has 1 aromatic rings. The fraction of sp³-hybridized carbons (Fsp3) is 0.600. The SMILES string of the molecule is NCC1CCCN(C2CC2)C1c1ccc(Cl)cc1. The third-order valence-corrected chi connectivity index (χ3v) is 4.58. The van der Waals surface area contributed by atoms with E-state index in [9.17, 15) is 0 Å². The average Bonchev–Trinajstić information content (AvgIpc) is 3.23. The van der Waals surface area contributed by atoms with Gasteiger partial charge in [0.25, 0.3) is 0 Å². The van der Waals surface area contributed by atoms with Crippen LogP contribution >= 0.6 is 11.6 Å². The summed E-state index contributed by atoms with van der Waals surface area (Å²) in [5.74, 6) is 0.598. The fourth-order valence-electron chi connectivity index (χ4n) is 3.29. The normalized spacial score (nSPS) is 29.4. The molecule has 1 heterocycles. The van der Waals surface area contributed by atoms with Gasteiger partial charge < -0.3 is 5.73 Å². The van der Waals surface area contributed by atoms with Crippen molar-refractivity contribution in [2.75, 3.05) is 13.1 Å². The summed E-state index contributed by atoms with van der Waals surface area (Å²) in [6, 6.07) is 9.68. The Labute approximate surface area is 114 Å². The predicted octanol–water partition coefficient (Wildman–Crippen LogP) is 3.21. The Kier molecular flexibility index (Phi) is 3.60. The molecule has 2 N–H and O–H groups in total. The maximum absolute atomic E-state index is 5.99. The molecule has 2 unspecified atom stereocenters. The van der Waals surface area contributed by atoms with E-state index in [-0.39, 0.29) is 0 Å². The van der Waals surface area contributed by atoms with Crippen molar-refractivity contribution in [2.24, 2.45) is 11.7 Å². The number of hydrogen-bond donors (Lipinski definition) is 1. The van der Waals surface area contributed by atoms with Gasteiger partial charge in [-0.25, -0.2) is 0 Å². The molecule has 0 aromatic heterocycles. The lowest BCUT2D eigenvalue weighted by Gasteiger charge is -2.41. The van der Waals surface area contributed by atoms with Gasteiger partial charge in [-0.05, 0) is 62.4 Å². The molecule has 2 atom stereocenters. The van der Waals surface area contributed by atoms with Crippen molar-refractivity contribution in [3.8, 4) is 0 Å². The molecule has 0 spiro atoms. The molecule has 2 fully saturated rings. The maximum Gasteiger partial charge on any atom is 0.0406 e. The summed E-state index contributed by atoms with van der Waals surface area (Å²) in [4.78, 5) is 2.68. The maximum atomic E-state index is 5.99. The highest BCUT2D eigenvalue weighted by Crippen LogP contribution is 2.42. The van der Waals surface area contributed by atoms with E-state index < -0.39 is 0 Å². The Morgan fingerprint density at radius 2 is 1.89 bits per heavy atom. The molecular formula is C15H21ClN2. The summed E-state index contributed by atoms with van der Waals surface area (Å²) in [6.45, 7) is 2.02. The molecule has 0 amide bonds. The lowest BCUT2D eigenvalue weighted by atomic mass is 9.84. The minimum atomic E-state index is 0.508. The van der Waals surface area contributed by atoms with Crippen molar-refractivity contribution < 1.29 is 0 Å². The van der Waals surface area contributed by atoms with Gasteiger partial charge in [-0.15, -0.1) is 0 Å². The zero-order valence-corrected chi connectivity index (χ0v) is 11.4. The largest absolute Gasteiger partial charge is 0.330 e. The Hall–Kier alpha value is -0.570. The van der Waals surface area contributed by atoms with Crippen LogP contribution < -0.4 is 5.73 Å². The standard InChI is InChI=1S/C15H21ClN2/c16-13-5-3-11(4-6-13)15-12(10-17)2-1-9-18(15)14-7-8-14/h3-6,12,14-15H,1-2,7-10,17H2. The third-order valence-electron chi connectivity index (χ3n) is 4.33. The molecule has 1 aliphatic carbocycles. The highest BCUT2D eigenvalue weighted by molar-refractivity contribution is 6.30. The fourth-order valence-corrected chi connectivity index (χ4v) is 3.42. The molecule has 2 nitrogen and oxygen atoms in total. The summed E-state index contributed by atoms with van der Waals surface area (Å²) < 4.78 is 0. The summed E-state index contributed by atoms with van der Waals surface area (Å²) in [7, 11) is 0. The molecule has 1 aliphatic heterocycles. The summed E-state index contributed by atoms with van der Waals surface area (Å²) >= 11 is 5.99. The van der Waals surface area contributed by atoms with Gasteiger partial charge in [-0.2, -0.15) is 0 Å². The number of piperidine rings is 1. The van der Waals surface area contributed by atoms with E-state index in [1.165, 1.54) is 37.8 Å². The van der Waals surface area contributed by atoms with E-state index in [1.807, 2.05) is 12.1 Å². The van der Waals surface area contributed by atoms with Gasteiger partial charge in [-0.3, -0.25) is 4.90 Å². The van der Waals surface area contributed by atoms with Crippen LogP contribution in [0, 0.1) is 5.92 Å². The Bertz CT molecular complexity index is 399. The van der Waals surface area contributed by atoms with Crippen molar-refractivity contribution in [1.29, 1.82) is 0 Å². The highest BCUT2D eigenvalue weighted by Gasteiger charge is 2.39. The molecule has 1 aromatic carbocycles. The van der Waals surface area contributed by atoms with Crippen LogP contribution in [0.4, 0.5) is 0 Å². The van der Waals surface area contributed by atoms with Crippen molar-refractivity contribution in [3.63, 3.8) is 0 Å². The van der Waals surface area contributed by atoms with Gasteiger partial charge >= 0.3 is 0 Å². The van der Waals surface area contributed by atoms with E-state index in [0.29, 0.717) is 12.0 Å². The molecule has 3 rings (SSSR count). The van der Waals surface area contributed by atoms with Crippen molar-refractivity contribution in [3.05, 3.63) is 34.9 Å². The molecule has 0 radical (unpaired) electrons. The van der Waals surface area contributed by atoms with Crippen LogP contribution in [0.15, 0.2) is 24.3 Å². The van der Waals surface area contributed by atoms with Crippen molar-refractivity contribution in [2.45, 2.75) is 37.8 Å². The van der Waals surface area contributed by atoms with Gasteiger partial charge in [-0.1, -0.05) is 23.7 Å². The molecule has 3 heteroatoms. The van der Waals surface area contributed by atoms with Crippen LogP contribution in [0.25, 0.3) is 0 Å². The zero-order valence-electron chi connectivity index (χ0n) is 10.7. The molecule has 2 aliphatic rings. The van der Waals surface area contributed by atoms with E-state index in [2.05, 4.69) is 17.0 Å². The predicted molar refractivity (Wildman–Crippen MR) is 75.7 cm³/mol. The van der Waals surface area contributed by atoms with Gasteiger partial charge in [0.2, 0.25) is 0 Å². The second kappa shape index (κ2) is 5.20. The molecule has 98 valence electrons. The third kappa shape index (κ3) is 2.42. The van der Waals surface area contributed by atoms with Crippen molar-refractivity contribution >= 4 is 11.6 Å². The summed E-state index contributed by atoms with van der Waals surface area (Å²) in [5.41, 5.74) is 7.38. The van der Waals surface area contributed by atoms with E-state index in [0.717, 1.165) is 17.6 Å². The highest BCUT2D eigenvalue weighted by atomic mass is 35.5. The van der Waals surface area contributed by atoms with Gasteiger partial charge in [0.05, 0.1) is 0 Å². The van der Waals surface area contributed by atoms with Gasteiger partial charge in [0.15, 0.2) is 0 Å². The smallest absolute Gasteiger partial charge is 0.0406 e. The molecule has 0 bridgehead atoms. The lowest BCUT2D eigenvalue weighted by molar-refractivity contribution is 0.0880. The number of hydrogen-bond acceptors (Lipinski definition) is 2.